The Bertz CT molecular complexity index is 1040. The summed E-state index contributed by atoms with van der Waals surface area (Å²) in [6.45, 7) is 0.430. The van der Waals surface area contributed by atoms with Crippen molar-refractivity contribution >= 4 is 27.7 Å². The van der Waals surface area contributed by atoms with Crippen LogP contribution in [-0.2, 0) is 19.6 Å². The van der Waals surface area contributed by atoms with Gasteiger partial charge in [0.15, 0.2) is 0 Å². The van der Waals surface area contributed by atoms with E-state index in [-0.39, 0.29) is 28.2 Å². The molecule has 11 heteroatoms. The van der Waals surface area contributed by atoms with E-state index in [1.807, 2.05) is 0 Å². The van der Waals surface area contributed by atoms with Gasteiger partial charge in [-0.2, -0.15) is 8.42 Å². The number of amides is 1. The lowest BCUT2D eigenvalue weighted by molar-refractivity contribution is -0.385. The molecule has 0 bridgehead atoms. The van der Waals surface area contributed by atoms with Crippen LogP contribution in [0.15, 0.2) is 53.4 Å². The summed E-state index contributed by atoms with van der Waals surface area (Å²) in [5, 5.41) is 13.6. The monoisotopic (exact) mass is 450 g/mol. The Labute approximate surface area is 179 Å². The van der Waals surface area contributed by atoms with E-state index in [0.717, 1.165) is 12.5 Å². The van der Waals surface area contributed by atoms with E-state index in [0.29, 0.717) is 31.4 Å². The van der Waals surface area contributed by atoms with Crippen molar-refractivity contribution in [1.29, 1.82) is 0 Å². The Morgan fingerprint density at radius 3 is 2.42 bits per heavy atom. The summed E-state index contributed by atoms with van der Waals surface area (Å²) in [4.78, 5) is 32.9. The highest BCUT2D eigenvalue weighted by Crippen LogP contribution is 2.22. The quantitative estimate of drug-likeness (QED) is 0.181. The summed E-state index contributed by atoms with van der Waals surface area (Å²) < 4.78 is 34.2. The molecule has 0 aromatic heterocycles. The molecule has 0 fully saturated rings. The van der Waals surface area contributed by atoms with Crippen LogP contribution < -0.4 is 9.50 Å². The van der Waals surface area contributed by atoms with E-state index < -0.39 is 15.0 Å². The molecule has 166 valence electrons. The van der Waals surface area contributed by atoms with Crippen LogP contribution in [0.3, 0.4) is 0 Å². The Morgan fingerprint density at radius 1 is 1.06 bits per heavy atom. The number of carbonyl (C=O) groups excluding carboxylic acids is 2. The first-order valence-electron chi connectivity index (χ1n) is 9.37. The Balaban J connectivity index is 1.88. The summed E-state index contributed by atoms with van der Waals surface area (Å²) in [5.41, 5.74) is -0.0587. The summed E-state index contributed by atoms with van der Waals surface area (Å²) in [6.07, 6.45) is 2.47. The highest BCUT2D eigenvalue weighted by Gasteiger charge is 2.20. The number of hydrogen-bond donors (Lipinski definition) is 1. The van der Waals surface area contributed by atoms with Gasteiger partial charge in [0.2, 0.25) is 0 Å². The second-order valence-corrected chi connectivity index (χ2v) is 8.01. The van der Waals surface area contributed by atoms with E-state index in [2.05, 4.69) is 10.1 Å². The first-order chi connectivity index (χ1) is 14.7. The predicted molar refractivity (Wildman–Crippen MR) is 110 cm³/mol. The molecule has 2 aromatic rings. The largest absolute Gasteiger partial charge is 0.469 e. The van der Waals surface area contributed by atoms with Gasteiger partial charge in [-0.15, -0.1) is 0 Å². The molecule has 0 saturated carbocycles. The number of non-ortho nitro benzene ring substituents is 1. The van der Waals surface area contributed by atoms with Gasteiger partial charge in [-0.25, -0.2) is 0 Å². The van der Waals surface area contributed by atoms with Crippen LogP contribution >= 0.6 is 0 Å². The van der Waals surface area contributed by atoms with Crippen LogP contribution in [0.2, 0.25) is 0 Å². The average molecular weight is 450 g/mol. The first-order valence-corrected chi connectivity index (χ1v) is 10.8. The van der Waals surface area contributed by atoms with Crippen LogP contribution in [0.5, 0.6) is 5.75 Å². The van der Waals surface area contributed by atoms with Crippen molar-refractivity contribution in [2.24, 2.45) is 0 Å². The molecule has 1 amide bonds. The molecule has 0 saturated heterocycles. The van der Waals surface area contributed by atoms with Gasteiger partial charge in [0.05, 0.1) is 12.0 Å². The second-order valence-electron chi connectivity index (χ2n) is 6.46. The maximum absolute atomic E-state index is 12.3. The van der Waals surface area contributed by atoms with Crippen molar-refractivity contribution in [3.8, 4) is 5.75 Å². The standard InChI is InChI=1S/C20H22N2O8S/c1-29-19(23)8-3-2-4-13-21-20(24)15-9-11-17(12-10-15)30-31(27,28)18-7-5-6-16(14-18)22(25)26/h5-7,9-12,14H,2-4,8,13H2,1H3,(H,21,24). The molecular weight excluding hydrogens is 428 g/mol. The fraction of sp³-hybridized carbons (Fsp3) is 0.300. The highest BCUT2D eigenvalue weighted by atomic mass is 32.2. The SMILES string of the molecule is COC(=O)CCCCCNC(=O)c1ccc(OS(=O)(=O)c2cccc([N+](=O)[O-])c2)cc1. The molecule has 10 nitrogen and oxygen atoms in total. The van der Waals surface area contributed by atoms with Crippen LogP contribution in [0.1, 0.15) is 36.0 Å². The van der Waals surface area contributed by atoms with Gasteiger partial charge in [-0.1, -0.05) is 12.5 Å². The van der Waals surface area contributed by atoms with Gasteiger partial charge in [0.25, 0.3) is 11.6 Å². The van der Waals surface area contributed by atoms with Crippen LogP contribution in [0.25, 0.3) is 0 Å². The number of methoxy groups -OCH3 is 1. The third-order valence-corrected chi connectivity index (χ3v) is 5.45. The van der Waals surface area contributed by atoms with Crippen molar-refractivity contribution in [2.45, 2.75) is 30.6 Å². The molecule has 0 aliphatic carbocycles. The molecule has 2 aromatic carbocycles. The highest BCUT2D eigenvalue weighted by molar-refractivity contribution is 7.87. The first kappa shape index (κ1) is 23.8. The number of rotatable bonds is 11. The Morgan fingerprint density at radius 2 is 1.77 bits per heavy atom. The number of nitro groups is 1. The third-order valence-electron chi connectivity index (χ3n) is 4.21. The van der Waals surface area contributed by atoms with Gasteiger partial charge < -0.3 is 14.2 Å². The minimum Gasteiger partial charge on any atom is -0.469 e. The molecule has 0 aliphatic heterocycles. The van der Waals surface area contributed by atoms with E-state index in [1.54, 1.807) is 0 Å². The van der Waals surface area contributed by atoms with Crippen LogP contribution in [0.4, 0.5) is 5.69 Å². The lowest BCUT2D eigenvalue weighted by atomic mass is 10.2. The number of ether oxygens (including phenoxy) is 1. The maximum Gasteiger partial charge on any atom is 0.339 e. The number of nitrogens with one attached hydrogen (secondary N) is 1. The number of nitro benzene ring substituents is 1. The number of unbranched alkanes of at least 4 members (excludes halogenated alkanes) is 2. The fourth-order valence-corrected chi connectivity index (χ4v) is 3.54. The fourth-order valence-electron chi connectivity index (χ4n) is 2.57. The van der Waals surface area contributed by atoms with Crippen LogP contribution in [-0.4, -0.2) is 38.9 Å². The molecule has 0 unspecified atom stereocenters. The molecule has 0 heterocycles. The van der Waals surface area contributed by atoms with Crippen molar-refractivity contribution in [1.82, 2.24) is 5.32 Å². The van der Waals surface area contributed by atoms with Crippen molar-refractivity contribution in [3.05, 3.63) is 64.2 Å². The molecule has 2 rings (SSSR count). The number of nitrogens with zero attached hydrogens (tertiary/aromatic N) is 1. The zero-order valence-electron chi connectivity index (χ0n) is 16.8. The molecular formula is C20H22N2O8S. The molecule has 1 N–H and O–H groups in total. The second kappa shape index (κ2) is 11.1. The third kappa shape index (κ3) is 7.37. The Hall–Kier alpha value is -3.47. The summed E-state index contributed by atoms with van der Waals surface area (Å²) in [7, 11) is -2.94. The zero-order valence-corrected chi connectivity index (χ0v) is 17.6. The molecule has 0 radical (unpaired) electrons. The number of carbonyl (C=O) groups is 2. The topological polar surface area (TPSA) is 142 Å². The lowest BCUT2D eigenvalue weighted by Crippen LogP contribution is -2.24. The minimum atomic E-state index is -4.27. The summed E-state index contributed by atoms with van der Waals surface area (Å²) >= 11 is 0. The van der Waals surface area contributed by atoms with Crippen molar-refractivity contribution < 1.29 is 31.9 Å². The minimum absolute atomic E-state index is 0.0362. The summed E-state index contributed by atoms with van der Waals surface area (Å²) in [6, 6.07) is 9.97. The Kier molecular flexibility index (Phi) is 8.50. The van der Waals surface area contributed by atoms with Gasteiger partial charge in [0, 0.05) is 30.7 Å². The molecule has 31 heavy (non-hydrogen) atoms. The molecule has 0 spiro atoms. The normalized spacial score (nSPS) is 10.9. The molecule has 0 aliphatic rings. The van der Waals surface area contributed by atoms with Crippen molar-refractivity contribution in [3.63, 3.8) is 0 Å². The summed E-state index contributed by atoms with van der Waals surface area (Å²) in [5.74, 6) is -0.634. The van der Waals surface area contributed by atoms with Gasteiger partial charge in [0.1, 0.15) is 10.6 Å². The number of esters is 1. The number of hydrogen-bond acceptors (Lipinski definition) is 8. The van der Waals surface area contributed by atoms with Gasteiger partial charge >= 0.3 is 16.1 Å². The predicted octanol–water partition coefficient (Wildman–Crippen LogP) is 2.83. The number of benzene rings is 2. The van der Waals surface area contributed by atoms with E-state index >= 15 is 0 Å². The van der Waals surface area contributed by atoms with E-state index in [4.69, 9.17) is 4.18 Å². The smallest absolute Gasteiger partial charge is 0.339 e. The molecule has 0 atom stereocenters. The van der Waals surface area contributed by atoms with E-state index in [1.165, 1.54) is 49.6 Å². The lowest BCUT2D eigenvalue weighted by Gasteiger charge is -2.08. The van der Waals surface area contributed by atoms with E-state index in [9.17, 15) is 28.1 Å². The maximum atomic E-state index is 12.3. The van der Waals surface area contributed by atoms with Gasteiger partial charge in [-0.3, -0.25) is 19.7 Å². The van der Waals surface area contributed by atoms with Gasteiger partial charge in [-0.05, 0) is 43.2 Å². The average Bonchev–Trinajstić information content (AvgIpc) is 2.76. The zero-order chi connectivity index (χ0) is 22.9. The van der Waals surface area contributed by atoms with Crippen molar-refractivity contribution in [2.75, 3.05) is 13.7 Å². The van der Waals surface area contributed by atoms with Crippen LogP contribution in [0, 0.1) is 10.1 Å².